The van der Waals surface area contributed by atoms with Crippen molar-refractivity contribution < 1.29 is 4.79 Å². The van der Waals surface area contributed by atoms with Crippen LogP contribution in [0.3, 0.4) is 0 Å². The number of unbranched alkanes of at least 4 members (excludes halogenated alkanes) is 18. The summed E-state index contributed by atoms with van der Waals surface area (Å²) in [5.74, 6) is 0.854. The van der Waals surface area contributed by atoms with Crippen LogP contribution in [0.15, 0.2) is 48.6 Å². The summed E-state index contributed by atoms with van der Waals surface area (Å²) in [6.07, 6.45) is 53.2. The molecule has 0 radical (unpaired) electrons. The Morgan fingerprint density at radius 2 is 0.891 bits per heavy atom. The molecular weight excluding hydrogens is 560 g/mol. The van der Waals surface area contributed by atoms with Crippen LogP contribution in [-0.4, -0.2) is 38.0 Å². The van der Waals surface area contributed by atoms with Gasteiger partial charge in [-0.25, -0.2) is 0 Å². The molecule has 0 saturated carbocycles. The molecule has 0 aromatic rings. The Balaban J connectivity index is 4.00. The van der Waals surface area contributed by atoms with Crippen molar-refractivity contribution in [2.75, 3.05) is 27.2 Å². The van der Waals surface area contributed by atoms with Crippen molar-refractivity contribution in [3.05, 3.63) is 48.6 Å². The fourth-order valence-electron chi connectivity index (χ4n) is 5.86. The van der Waals surface area contributed by atoms with Crippen molar-refractivity contribution in [1.29, 1.82) is 0 Å². The highest BCUT2D eigenvalue weighted by Crippen LogP contribution is 2.19. The fourth-order valence-corrected chi connectivity index (χ4v) is 5.86. The zero-order chi connectivity index (χ0) is 33.6. The van der Waals surface area contributed by atoms with Crippen LogP contribution in [0.25, 0.3) is 0 Å². The van der Waals surface area contributed by atoms with Gasteiger partial charge in [-0.3, -0.25) is 4.79 Å². The van der Waals surface area contributed by atoms with Crippen LogP contribution in [0.4, 0.5) is 0 Å². The first-order valence-corrected chi connectivity index (χ1v) is 20.1. The minimum Gasteiger partial charge on any atom is -0.356 e. The normalized spacial score (nSPS) is 12.4. The highest BCUT2D eigenvalue weighted by atomic mass is 16.1. The van der Waals surface area contributed by atoms with Gasteiger partial charge in [0.2, 0.25) is 5.91 Å². The first-order valence-electron chi connectivity index (χ1n) is 20.1. The molecule has 0 aliphatic heterocycles. The number of nitrogens with zero attached hydrogens (tertiary/aromatic N) is 1. The van der Waals surface area contributed by atoms with Gasteiger partial charge in [-0.1, -0.05) is 152 Å². The third kappa shape index (κ3) is 36.9. The van der Waals surface area contributed by atoms with E-state index in [4.69, 9.17) is 0 Å². The Morgan fingerprint density at radius 3 is 1.28 bits per heavy atom. The van der Waals surface area contributed by atoms with E-state index >= 15 is 0 Å². The third-order valence-electron chi connectivity index (χ3n) is 9.00. The molecule has 0 aromatic carbocycles. The summed E-state index contributed by atoms with van der Waals surface area (Å²) < 4.78 is 0. The third-order valence-corrected chi connectivity index (χ3v) is 9.00. The van der Waals surface area contributed by atoms with Crippen molar-refractivity contribution in [2.24, 2.45) is 5.92 Å². The SMILES string of the molecule is CCCCC/C=C\C/C=C\CCCCCCCCC(CCCCCCCC/C=C\C/C=C\CCCCC)CNC(=O)CCN(C)C. The van der Waals surface area contributed by atoms with Crippen LogP contribution >= 0.6 is 0 Å². The summed E-state index contributed by atoms with van der Waals surface area (Å²) in [5, 5.41) is 3.26. The average Bonchev–Trinajstić information content (AvgIpc) is 3.05. The highest BCUT2D eigenvalue weighted by Gasteiger charge is 2.11. The summed E-state index contributed by atoms with van der Waals surface area (Å²) in [5.41, 5.74) is 0. The van der Waals surface area contributed by atoms with Gasteiger partial charge in [0.15, 0.2) is 0 Å². The molecule has 1 amide bonds. The lowest BCUT2D eigenvalue weighted by Gasteiger charge is -2.18. The second kappa shape index (κ2) is 37.8. The van der Waals surface area contributed by atoms with Crippen LogP contribution in [-0.2, 0) is 4.79 Å². The zero-order valence-corrected chi connectivity index (χ0v) is 31.6. The zero-order valence-electron chi connectivity index (χ0n) is 31.6. The number of amides is 1. The largest absolute Gasteiger partial charge is 0.356 e. The molecule has 0 rings (SSSR count). The van der Waals surface area contributed by atoms with Crippen molar-refractivity contribution in [1.82, 2.24) is 10.2 Å². The topological polar surface area (TPSA) is 32.3 Å². The molecule has 0 aliphatic carbocycles. The number of hydrogen-bond donors (Lipinski definition) is 1. The van der Waals surface area contributed by atoms with Crippen molar-refractivity contribution >= 4 is 5.91 Å². The van der Waals surface area contributed by atoms with E-state index in [-0.39, 0.29) is 5.91 Å². The monoisotopic (exact) mass is 641 g/mol. The Labute approximate surface area is 289 Å². The van der Waals surface area contributed by atoms with Crippen LogP contribution < -0.4 is 5.32 Å². The molecule has 0 bridgehead atoms. The van der Waals surface area contributed by atoms with Gasteiger partial charge >= 0.3 is 0 Å². The van der Waals surface area contributed by atoms with Gasteiger partial charge in [-0.15, -0.1) is 0 Å². The number of rotatable bonds is 35. The van der Waals surface area contributed by atoms with E-state index in [1.165, 1.54) is 154 Å². The Bertz CT molecular complexity index is 687. The van der Waals surface area contributed by atoms with E-state index < -0.39 is 0 Å². The molecule has 46 heavy (non-hydrogen) atoms. The molecule has 268 valence electrons. The standard InChI is InChI=1S/C43H80N2O/c1-5-7-9-11-13-15-17-19-21-23-25-27-29-31-33-35-37-42(41-44-43(46)39-40-45(3)4)38-36-34-32-30-28-26-24-22-20-18-16-14-12-10-8-6-2/h13-16,19-22,42H,5-12,17-18,23-41H2,1-4H3,(H,44,46)/b15-13-,16-14-,21-19-,22-20-. The maximum atomic E-state index is 12.3. The first-order chi connectivity index (χ1) is 22.6. The van der Waals surface area contributed by atoms with E-state index in [9.17, 15) is 4.79 Å². The Morgan fingerprint density at radius 1 is 0.522 bits per heavy atom. The average molecular weight is 641 g/mol. The summed E-state index contributed by atoms with van der Waals surface area (Å²) in [7, 11) is 4.07. The van der Waals surface area contributed by atoms with Gasteiger partial charge in [0.1, 0.15) is 0 Å². The van der Waals surface area contributed by atoms with Crippen molar-refractivity contribution in [3.8, 4) is 0 Å². The van der Waals surface area contributed by atoms with E-state index in [0.29, 0.717) is 12.3 Å². The molecular formula is C43H80N2O. The van der Waals surface area contributed by atoms with Gasteiger partial charge in [0.05, 0.1) is 0 Å². The molecule has 3 heteroatoms. The molecule has 0 aliphatic rings. The molecule has 0 atom stereocenters. The quantitative estimate of drug-likeness (QED) is 0.0552. The Hall–Kier alpha value is -1.61. The molecule has 0 saturated heterocycles. The second-order valence-corrected chi connectivity index (χ2v) is 14.0. The lowest BCUT2D eigenvalue weighted by atomic mass is 9.94. The number of hydrogen-bond acceptors (Lipinski definition) is 2. The van der Waals surface area contributed by atoms with Crippen LogP contribution in [0.5, 0.6) is 0 Å². The predicted molar refractivity (Wildman–Crippen MR) is 208 cm³/mol. The van der Waals surface area contributed by atoms with E-state index in [1.807, 2.05) is 14.1 Å². The van der Waals surface area contributed by atoms with Gasteiger partial charge < -0.3 is 10.2 Å². The molecule has 3 nitrogen and oxygen atoms in total. The molecule has 0 heterocycles. The van der Waals surface area contributed by atoms with Crippen LogP contribution in [0, 0.1) is 5.92 Å². The molecule has 0 unspecified atom stereocenters. The van der Waals surface area contributed by atoms with Gasteiger partial charge in [0, 0.05) is 19.5 Å². The van der Waals surface area contributed by atoms with E-state index in [2.05, 4.69) is 72.7 Å². The number of carbonyl (C=O) groups excluding carboxylic acids is 1. The summed E-state index contributed by atoms with van der Waals surface area (Å²) >= 11 is 0. The summed E-state index contributed by atoms with van der Waals surface area (Å²) in [6.45, 7) is 6.23. The van der Waals surface area contributed by atoms with Crippen LogP contribution in [0.2, 0.25) is 0 Å². The van der Waals surface area contributed by atoms with Crippen LogP contribution in [0.1, 0.15) is 187 Å². The number of nitrogens with one attached hydrogen (secondary N) is 1. The Kier molecular flexibility index (Phi) is 36.5. The first kappa shape index (κ1) is 44.4. The predicted octanol–water partition coefficient (Wildman–Crippen LogP) is 13.1. The number of carbonyl (C=O) groups is 1. The second-order valence-electron chi connectivity index (χ2n) is 14.0. The number of allylic oxidation sites excluding steroid dienone is 8. The van der Waals surface area contributed by atoms with Gasteiger partial charge in [-0.2, -0.15) is 0 Å². The summed E-state index contributed by atoms with van der Waals surface area (Å²) in [6, 6.07) is 0. The lowest BCUT2D eigenvalue weighted by Crippen LogP contribution is -2.31. The maximum absolute atomic E-state index is 12.3. The highest BCUT2D eigenvalue weighted by molar-refractivity contribution is 5.76. The maximum Gasteiger partial charge on any atom is 0.221 e. The molecule has 0 aromatic heterocycles. The molecule has 1 N–H and O–H groups in total. The minimum atomic E-state index is 0.216. The van der Waals surface area contributed by atoms with Gasteiger partial charge in [0.25, 0.3) is 0 Å². The fraction of sp³-hybridized carbons (Fsp3) is 0.791. The van der Waals surface area contributed by atoms with E-state index in [0.717, 1.165) is 25.9 Å². The minimum absolute atomic E-state index is 0.216. The summed E-state index contributed by atoms with van der Waals surface area (Å²) in [4.78, 5) is 14.4. The smallest absolute Gasteiger partial charge is 0.221 e. The van der Waals surface area contributed by atoms with Gasteiger partial charge in [-0.05, 0) is 97.1 Å². The molecule has 0 spiro atoms. The molecule has 0 fully saturated rings. The lowest BCUT2D eigenvalue weighted by molar-refractivity contribution is -0.121. The van der Waals surface area contributed by atoms with Crippen molar-refractivity contribution in [3.63, 3.8) is 0 Å². The van der Waals surface area contributed by atoms with Crippen molar-refractivity contribution in [2.45, 2.75) is 187 Å². The van der Waals surface area contributed by atoms with E-state index in [1.54, 1.807) is 0 Å².